The molecule has 0 saturated heterocycles. The van der Waals surface area contributed by atoms with Crippen LogP contribution >= 0.6 is 47.2 Å². The van der Waals surface area contributed by atoms with Crippen molar-refractivity contribution in [3.8, 4) is 0 Å². The largest absolute Gasteiger partial charge is 0.380 e. The van der Waals surface area contributed by atoms with E-state index in [0.717, 1.165) is 37.6 Å². The lowest BCUT2D eigenvalue weighted by molar-refractivity contribution is 0.152. The Balaban J connectivity index is 0.00000400. The van der Waals surface area contributed by atoms with E-state index in [9.17, 15) is 0 Å². The van der Waals surface area contributed by atoms with Crippen LogP contribution in [-0.2, 0) is 11.2 Å². The summed E-state index contributed by atoms with van der Waals surface area (Å²) in [6.07, 6.45) is 0.826. The van der Waals surface area contributed by atoms with Crippen LogP contribution in [0.25, 0.3) is 0 Å². The molecule has 0 saturated carbocycles. The molecule has 0 fully saturated rings. The Kier molecular flexibility index (Phi) is 12.2. The molecule has 4 nitrogen and oxygen atoms in total. The van der Waals surface area contributed by atoms with E-state index >= 15 is 0 Å². The minimum absolute atomic E-state index is 0. The van der Waals surface area contributed by atoms with E-state index in [0.29, 0.717) is 16.7 Å². The molecule has 2 N–H and O–H groups in total. The lowest BCUT2D eigenvalue weighted by atomic mass is 10.1. The van der Waals surface area contributed by atoms with Gasteiger partial charge in [0.05, 0.1) is 6.61 Å². The fourth-order valence-electron chi connectivity index (χ4n) is 1.69. The molecule has 0 amide bonds. The first-order chi connectivity index (χ1) is 9.65. The molecule has 0 heterocycles. The molecule has 0 unspecified atom stereocenters. The second-order valence-corrected chi connectivity index (χ2v) is 5.02. The molecular formula is C14H22Cl2IN3O. The topological polar surface area (TPSA) is 45.6 Å². The van der Waals surface area contributed by atoms with E-state index in [2.05, 4.69) is 15.6 Å². The van der Waals surface area contributed by atoms with Crippen molar-refractivity contribution in [2.75, 3.05) is 33.4 Å². The molecule has 0 bridgehead atoms. The first kappa shape index (κ1) is 20.8. The van der Waals surface area contributed by atoms with Gasteiger partial charge in [-0.15, -0.1) is 24.0 Å². The summed E-state index contributed by atoms with van der Waals surface area (Å²) in [6.45, 7) is 4.86. The Hall–Kier alpha value is -0.240. The van der Waals surface area contributed by atoms with E-state index in [1.54, 1.807) is 13.1 Å². The maximum Gasteiger partial charge on any atom is 0.191 e. The van der Waals surface area contributed by atoms with Gasteiger partial charge in [0, 0.05) is 36.8 Å². The normalized spacial score (nSPS) is 11.0. The predicted octanol–water partition coefficient (Wildman–Crippen LogP) is 3.36. The SMILES string of the molecule is CCOCCNC(=NC)NCCc1cc(Cl)cc(Cl)c1.I. The molecule has 1 aromatic carbocycles. The Morgan fingerprint density at radius 3 is 2.33 bits per heavy atom. The molecule has 0 aliphatic carbocycles. The number of benzene rings is 1. The molecule has 21 heavy (non-hydrogen) atoms. The van der Waals surface area contributed by atoms with Gasteiger partial charge < -0.3 is 15.4 Å². The lowest BCUT2D eigenvalue weighted by Crippen LogP contribution is -2.39. The zero-order valence-corrected chi connectivity index (χ0v) is 16.1. The van der Waals surface area contributed by atoms with Crippen molar-refractivity contribution in [1.29, 1.82) is 0 Å². The van der Waals surface area contributed by atoms with Crippen LogP contribution < -0.4 is 10.6 Å². The standard InChI is InChI=1S/C14H21Cl2N3O.HI/c1-3-20-7-6-19-14(17-2)18-5-4-11-8-12(15)10-13(16)9-11;/h8-10H,3-7H2,1-2H3,(H2,17,18,19);1H. The third-order valence-corrected chi connectivity index (χ3v) is 3.03. The fourth-order valence-corrected chi connectivity index (χ4v) is 2.26. The van der Waals surface area contributed by atoms with E-state index in [1.165, 1.54) is 0 Å². The van der Waals surface area contributed by atoms with Gasteiger partial charge >= 0.3 is 0 Å². The number of nitrogens with zero attached hydrogens (tertiary/aromatic N) is 1. The third-order valence-electron chi connectivity index (χ3n) is 2.60. The van der Waals surface area contributed by atoms with Gasteiger partial charge in [0.1, 0.15) is 0 Å². The van der Waals surface area contributed by atoms with Crippen LogP contribution in [0.4, 0.5) is 0 Å². The van der Waals surface area contributed by atoms with E-state index < -0.39 is 0 Å². The molecule has 120 valence electrons. The van der Waals surface area contributed by atoms with Gasteiger partial charge in [-0.25, -0.2) is 0 Å². The van der Waals surface area contributed by atoms with Crippen LogP contribution in [0.2, 0.25) is 10.0 Å². The first-order valence-corrected chi connectivity index (χ1v) is 7.38. The highest BCUT2D eigenvalue weighted by Crippen LogP contribution is 2.19. The quantitative estimate of drug-likeness (QED) is 0.293. The van der Waals surface area contributed by atoms with Crippen molar-refractivity contribution in [3.05, 3.63) is 33.8 Å². The molecule has 0 aromatic heterocycles. The second kappa shape index (κ2) is 12.3. The fraction of sp³-hybridized carbons (Fsp3) is 0.500. The average molecular weight is 446 g/mol. The molecule has 7 heteroatoms. The number of halogens is 3. The summed E-state index contributed by atoms with van der Waals surface area (Å²) in [4.78, 5) is 4.14. The molecule has 0 aliphatic rings. The van der Waals surface area contributed by atoms with Crippen molar-refractivity contribution in [3.63, 3.8) is 0 Å². The summed E-state index contributed by atoms with van der Waals surface area (Å²) >= 11 is 11.9. The Morgan fingerprint density at radius 1 is 1.14 bits per heavy atom. The van der Waals surface area contributed by atoms with Gasteiger partial charge in [0.2, 0.25) is 0 Å². The molecule has 0 radical (unpaired) electrons. The number of hydrogen-bond acceptors (Lipinski definition) is 2. The maximum atomic E-state index is 5.96. The maximum absolute atomic E-state index is 5.96. The molecular weight excluding hydrogens is 424 g/mol. The smallest absolute Gasteiger partial charge is 0.191 e. The van der Waals surface area contributed by atoms with Crippen molar-refractivity contribution < 1.29 is 4.74 Å². The highest BCUT2D eigenvalue weighted by Gasteiger charge is 2.00. The Labute approximate surface area is 153 Å². The number of hydrogen-bond donors (Lipinski definition) is 2. The number of aliphatic imine (C=N–C) groups is 1. The zero-order chi connectivity index (χ0) is 14.8. The second-order valence-electron chi connectivity index (χ2n) is 4.15. The van der Waals surface area contributed by atoms with Gasteiger partial charge in [-0.05, 0) is 37.1 Å². The summed E-state index contributed by atoms with van der Waals surface area (Å²) in [7, 11) is 1.74. The van der Waals surface area contributed by atoms with Crippen LogP contribution in [0.15, 0.2) is 23.2 Å². The molecule has 1 rings (SSSR count). The van der Waals surface area contributed by atoms with Gasteiger partial charge in [-0.2, -0.15) is 0 Å². The summed E-state index contributed by atoms with van der Waals surface area (Å²) in [5.74, 6) is 0.762. The molecule has 0 aliphatic heterocycles. The number of guanidine groups is 1. The monoisotopic (exact) mass is 445 g/mol. The highest BCUT2D eigenvalue weighted by molar-refractivity contribution is 14.0. The van der Waals surface area contributed by atoms with Gasteiger partial charge in [0.15, 0.2) is 5.96 Å². The van der Waals surface area contributed by atoms with Crippen LogP contribution in [0.1, 0.15) is 12.5 Å². The lowest BCUT2D eigenvalue weighted by Gasteiger charge is -2.12. The van der Waals surface area contributed by atoms with E-state index in [-0.39, 0.29) is 24.0 Å². The van der Waals surface area contributed by atoms with Gasteiger partial charge in [-0.1, -0.05) is 23.2 Å². The van der Waals surface area contributed by atoms with Gasteiger partial charge in [0.25, 0.3) is 0 Å². The van der Waals surface area contributed by atoms with Crippen molar-refractivity contribution in [2.45, 2.75) is 13.3 Å². The minimum atomic E-state index is 0. The zero-order valence-electron chi connectivity index (χ0n) is 12.3. The predicted molar refractivity (Wildman–Crippen MR) is 101 cm³/mol. The van der Waals surface area contributed by atoms with Crippen LogP contribution in [0.5, 0.6) is 0 Å². The number of nitrogens with one attached hydrogen (secondary N) is 2. The minimum Gasteiger partial charge on any atom is -0.380 e. The van der Waals surface area contributed by atoms with E-state index in [4.69, 9.17) is 27.9 Å². The van der Waals surface area contributed by atoms with E-state index in [1.807, 2.05) is 19.1 Å². The summed E-state index contributed by atoms with van der Waals surface area (Å²) in [6, 6.07) is 5.56. The highest BCUT2D eigenvalue weighted by atomic mass is 127. The van der Waals surface area contributed by atoms with Crippen LogP contribution in [-0.4, -0.2) is 39.3 Å². The van der Waals surface area contributed by atoms with Crippen LogP contribution in [0, 0.1) is 0 Å². The third kappa shape index (κ3) is 9.39. The van der Waals surface area contributed by atoms with Crippen molar-refractivity contribution in [1.82, 2.24) is 10.6 Å². The van der Waals surface area contributed by atoms with Crippen molar-refractivity contribution >= 4 is 53.1 Å². The Morgan fingerprint density at radius 2 is 1.76 bits per heavy atom. The number of ether oxygens (including phenoxy) is 1. The van der Waals surface area contributed by atoms with Crippen molar-refractivity contribution in [2.24, 2.45) is 4.99 Å². The summed E-state index contributed by atoms with van der Waals surface area (Å²) in [5, 5.41) is 7.72. The summed E-state index contributed by atoms with van der Waals surface area (Å²) < 4.78 is 5.25. The van der Waals surface area contributed by atoms with Gasteiger partial charge in [-0.3, -0.25) is 4.99 Å². The molecule has 0 atom stereocenters. The average Bonchev–Trinajstić information content (AvgIpc) is 2.40. The summed E-state index contributed by atoms with van der Waals surface area (Å²) in [5.41, 5.74) is 1.10. The Bertz CT molecular complexity index is 424. The van der Waals surface area contributed by atoms with Crippen LogP contribution in [0.3, 0.4) is 0 Å². The molecule has 1 aromatic rings. The molecule has 0 spiro atoms. The first-order valence-electron chi connectivity index (χ1n) is 6.63. The number of rotatable bonds is 7.